The first-order chi connectivity index (χ1) is 12.9. The number of hydrogen-bond acceptors (Lipinski definition) is 7. The molecule has 2 aromatic heterocycles. The number of non-ortho nitro benzene ring substituents is 1. The van der Waals surface area contributed by atoms with Gasteiger partial charge in [0, 0.05) is 29.3 Å². The maximum atomic E-state index is 12.1. The fourth-order valence-corrected chi connectivity index (χ4v) is 3.03. The minimum atomic E-state index is -0.483. The van der Waals surface area contributed by atoms with Crippen molar-refractivity contribution in [3.63, 3.8) is 0 Å². The number of pyridine rings is 1. The van der Waals surface area contributed by atoms with Crippen LogP contribution in [0.25, 0.3) is 5.65 Å². The average molecular weight is 385 g/mol. The summed E-state index contributed by atoms with van der Waals surface area (Å²) >= 11 is 1.21. The molecule has 3 rings (SSSR count). The minimum absolute atomic E-state index is 0.00853. The number of esters is 1. The van der Waals surface area contributed by atoms with Crippen LogP contribution in [0, 0.1) is 17.0 Å². The lowest BCUT2D eigenvalue weighted by atomic mass is 10.3. The Kier molecular flexibility index (Phi) is 5.51. The van der Waals surface area contributed by atoms with Gasteiger partial charge in [-0.2, -0.15) is 0 Å². The Morgan fingerprint density at radius 1 is 1.26 bits per heavy atom. The molecule has 0 unspecified atom stereocenters. The fraction of sp³-hybridized carbons (Fsp3) is 0.167. The van der Waals surface area contributed by atoms with Gasteiger partial charge in [0.05, 0.1) is 16.4 Å². The van der Waals surface area contributed by atoms with Crippen LogP contribution in [0.1, 0.15) is 11.3 Å². The van der Waals surface area contributed by atoms with E-state index in [9.17, 15) is 19.7 Å². The minimum Gasteiger partial charge on any atom is -0.459 e. The Bertz CT molecular complexity index is 1060. The summed E-state index contributed by atoms with van der Waals surface area (Å²) < 4.78 is 6.60. The molecule has 138 valence electrons. The van der Waals surface area contributed by atoms with Gasteiger partial charge in [-0.15, -0.1) is 11.8 Å². The van der Waals surface area contributed by atoms with Crippen LogP contribution in [0.15, 0.2) is 58.4 Å². The summed E-state index contributed by atoms with van der Waals surface area (Å²) in [5, 5.41) is 10.6. The number of benzene rings is 1. The molecule has 0 N–H and O–H groups in total. The van der Waals surface area contributed by atoms with Crippen molar-refractivity contribution in [2.75, 3.05) is 5.75 Å². The topological polar surface area (TPSA) is 104 Å². The molecular formula is C18H15N3O5S. The van der Waals surface area contributed by atoms with E-state index in [1.54, 1.807) is 24.4 Å². The summed E-state index contributed by atoms with van der Waals surface area (Å²) in [5.74, 6) is -0.423. The maximum absolute atomic E-state index is 12.1. The van der Waals surface area contributed by atoms with Gasteiger partial charge in [-0.1, -0.05) is 6.07 Å². The Hall–Kier alpha value is -3.20. The number of hydrogen-bond donors (Lipinski definition) is 0. The highest BCUT2D eigenvalue weighted by Crippen LogP contribution is 2.21. The number of aromatic nitrogens is 2. The van der Waals surface area contributed by atoms with Crippen molar-refractivity contribution < 1.29 is 14.5 Å². The van der Waals surface area contributed by atoms with Gasteiger partial charge in [-0.3, -0.25) is 24.1 Å². The zero-order valence-corrected chi connectivity index (χ0v) is 15.1. The quantitative estimate of drug-likeness (QED) is 0.278. The van der Waals surface area contributed by atoms with E-state index in [1.165, 1.54) is 34.4 Å². The Labute approximate surface area is 158 Å². The molecule has 9 heteroatoms. The monoisotopic (exact) mass is 385 g/mol. The van der Waals surface area contributed by atoms with E-state index in [0.717, 1.165) is 10.5 Å². The lowest BCUT2D eigenvalue weighted by Crippen LogP contribution is -2.17. The number of carbonyl (C=O) groups is 1. The molecule has 0 aliphatic carbocycles. The van der Waals surface area contributed by atoms with Gasteiger partial charge in [0.15, 0.2) is 0 Å². The second kappa shape index (κ2) is 8.00. The van der Waals surface area contributed by atoms with Crippen LogP contribution in [0.2, 0.25) is 0 Å². The van der Waals surface area contributed by atoms with Gasteiger partial charge in [0.2, 0.25) is 0 Å². The van der Waals surface area contributed by atoms with Crippen molar-refractivity contribution in [2.45, 2.75) is 18.4 Å². The molecule has 1 aromatic carbocycles. The Morgan fingerprint density at radius 2 is 2.00 bits per heavy atom. The van der Waals surface area contributed by atoms with Crippen molar-refractivity contribution in [3.8, 4) is 0 Å². The van der Waals surface area contributed by atoms with Crippen LogP contribution in [-0.2, 0) is 16.1 Å². The third-order valence-electron chi connectivity index (χ3n) is 3.65. The predicted molar refractivity (Wildman–Crippen MR) is 99.8 cm³/mol. The van der Waals surface area contributed by atoms with Crippen molar-refractivity contribution in [1.82, 2.24) is 9.38 Å². The summed E-state index contributed by atoms with van der Waals surface area (Å²) in [6.07, 6.45) is 1.70. The van der Waals surface area contributed by atoms with Gasteiger partial charge < -0.3 is 4.74 Å². The Balaban J connectivity index is 1.57. The molecule has 8 nitrogen and oxygen atoms in total. The van der Waals surface area contributed by atoms with E-state index < -0.39 is 10.9 Å². The number of carbonyl (C=O) groups excluding carboxylic acids is 1. The van der Waals surface area contributed by atoms with Crippen LogP contribution in [-0.4, -0.2) is 26.0 Å². The second-order valence-electron chi connectivity index (χ2n) is 5.72. The number of nitro groups is 1. The normalized spacial score (nSPS) is 10.7. The summed E-state index contributed by atoms with van der Waals surface area (Å²) in [6.45, 7) is 1.78. The van der Waals surface area contributed by atoms with Gasteiger partial charge in [-0.05, 0) is 30.7 Å². The van der Waals surface area contributed by atoms with Crippen molar-refractivity contribution in [3.05, 3.63) is 80.4 Å². The number of ether oxygens (including phenoxy) is 1. The molecule has 0 amide bonds. The average Bonchev–Trinajstić information content (AvgIpc) is 2.65. The van der Waals surface area contributed by atoms with E-state index in [4.69, 9.17) is 4.74 Å². The first-order valence-electron chi connectivity index (χ1n) is 7.94. The highest BCUT2D eigenvalue weighted by Gasteiger charge is 2.09. The lowest BCUT2D eigenvalue weighted by Gasteiger charge is -2.06. The van der Waals surface area contributed by atoms with Crippen molar-refractivity contribution in [2.24, 2.45) is 0 Å². The first-order valence-corrected chi connectivity index (χ1v) is 8.93. The summed E-state index contributed by atoms with van der Waals surface area (Å²) in [4.78, 5) is 39.2. The molecule has 0 bridgehead atoms. The maximum Gasteiger partial charge on any atom is 0.316 e. The molecule has 0 spiro atoms. The van der Waals surface area contributed by atoms with Gasteiger partial charge >= 0.3 is 5.97 Å². The highest BCUT2D eigenvalue weighted by molar-refractivity contribution is 8.00. The molecule has 27 heavy (non-hydrogen) atoms. The van der Waals surface area contributed by atoms with E-state index in [2.05, 4.69) is 4.98 Å². The zero-order valence-electron chi connectivity index (χ0n) is 14.3. The van der Waals surface area contributed by atoms with E-state index in [1.807, 2.05) is 13.0 Å². The molecule has 0 aliphatic rings. The highest BCUT2D eigenvalue weighted by atomic mass is 32.2. The summed E-state index contributed by atoms with van der Waals surface area (Å²) in [5.41, 5.74) is 1.55. The molecule has 0 radical (unpaired) electrons. The SMILES string of the molecule is Cc1ccc2nc(COC(=O)CSc3ccc([N+](=O)[O-])cc3)cc(=O)n2c1. The van der Waals surface area contributed by atoms with Gasteiger partial charge in [0.25, 0.3) is 11.2 Å². The van der Waals surface area contributed by atoms with E-state index in [-0.39, 0.29) is 23.6 Å². The number of nitro benzene ring substituents is 1. The van der Waals surface area contributed by atoms with E-state index >= 15 is 0 Å². The summed E-state index contributed by atoms with van der Waals surface area (Å²) in [6, 6.07) is 10.8. The molecule has 2 heterocycles. The van der Waals surface area contributed by atoms with Crippen LogP contribution < -0.4 is 5.56 Å². The van der Waals surface area contributed by atoms with Crippen molar-refractivity contribution >= 4 is 29.1 Å². The molecule has 0 fully saturated rings. The van der Waals surface area contributed by atoms with Crippen LogP contribution in [0.4, 0.5) is 5.69 Å². The summed E-state index contributed by atoms with van der Waals surface area (Å²) in [7, 11) is 0. The third kappa shape index (κ3) is 4.70. The lowest BCUT2D eigenvalue weighted by molar-refractivity contribution is -0.384. The second-order valence-corrected chi connectivity index (χ2v) is 6.77. The van der Waals surface area contributed by atoms with Crippen LogP contribution in [0.3, 0.4) is 0 Å². The number of fused-ring (bicyclic) bond motifs is 1. The molecule has 0 atom stereocenters. The molecular weight excluding hydrogens is 370 g/mol. The standard InChI is InChI=1S/C18H15N3O5S/c1-12-2-7-16-19-13(8-17(22)20(16)9-12)10-26-18(23)11-27-15-5-3-14(4-6-15)21(24)25/h2-9H,10-11H2,1H3. The van der Waals surface area contributed by atoms with E-state index in [0.29, 0.717) is 11.3 Å². The molecule has 3 aromatic rings. The van der Waals surface area contributed by atoms with Crippen molar-refractivity contribution in [1.29, 1.82) is 0 Å². The molecule has 0 saturated heterocycles. The van der Waals surface area contributed by atoms with Crippen LogP contribution >= 0.6 is 11.8 Å². The van der Waals surface area contributed by atoms with Crippen LogP contribution in [0.5, 0.6) is 0 Å². The Morgan fingerprint density at radius 3 is 2.70 bits per heavy atom. The number of rotatable bonds is 6. The number of nitrogens with zero attached hydrogens (tertiary/aromatic N) is 3. The zero-order chi connectivity index (χ0) is 19.4. The molecule has 0 aliphatic heterocycles. The molecule has 0 saturated carbocycles. The van der Waals surface area contributed by atoms with Gasteiger partial charge in [-0.25, -0.2) is 4.98 Å². The third-order valence-corrected chi connectivity index (χ3v) is 4.63. The fourth-order valence-electron chi connectivity index (χ4n) is 2.33. The largest absolute Gasteiger partial charge is 0.459 e. The smallest absolute Gasteiger partial charge is 0.316 e. The number of aryl methyl sites for hydroxylation is 1. The predicted octanol–water partition coefficient (Wildman–Crippen LogP) is 2.75. The number of thioether (sulfide) groups is 1. The first kappa shape index (κ1) is 18.6. The van der Waals surface area contributed by atoms with Gasteiger partial charge in [0.1, 0.15) is 12.3 Å².